The van der Waals surface area contributed by atoms with Crippen LogP contribution in [-0.2, 0) is 0 Å². The lowest BCUT2D eigenvalue weighted by Gasteiger charge is -2.18. The molecule has 0 aliphatic rings. The number of carbonyl (C=O) groups is 1. The minimum absolute atomic E-state index is 0.145. The molecular weight excluding hydrogens is 202 g/mol. The molecule has 0 fully saturated rings. The average Bonchev–Trinajstić information content (AvgIpc) is 2.15. The molecule has 0 unspecified atom stereocenters. The van der Waals surface area contributed by atoms with E-state index in [1.54, 1.807) is 12.3 Å². The Labute approximate surface area is 96.3 Å². The molecule has 0 atom stereocenters. The first kappa shape index (κ1) is 12.6. The number of pyridine rings is 1. The Balaban J connectivity index is 2.47. The summed E-state index contributed by atoms with van der Waals surface area (Å²) in [5, 5.41) is 2.80. The van der Waals surface area contributed by atoms with Crippen molar-refractivity contribution in [1.29, 1.82) is 0 Å². The molecule has 1 rings (SSSR count). The largest absolute Gasteiger partial charge is 0.351 e. The van der Waals surface area contributed by atoms with Gasteiger partial charge in [-0.3, -0.25) is 9.78 Å². The van der Waals surface area contributed by atoms with Gasteiger partial charge >= 0.3 is 0 Å². The molecular formula is C12H19N3O. The molecule has 0 spiro atoms. The topological polar surface area (TPSA) is 68.0 Å². The lowest BCUT2D eigenvalue weighted by Crippen LogP contribution is -2.37. The predicted molar refractivity (Wildman–Crippen MR) is 64.2 cm³/mol. The molecule has 1 amide bonds. The van der Waals surface area contributed by atoms with Gasteiger partial charge in [0.2, 0.25) is 0 Å². The Bertz CT molecular complexity index is 369. The first-order valence-corrected chi connectivity index (χ1v) is 5.38. The normalized spacial score (nSPS) is 11.2. The second-order valence-corrected chi connectivity index (χ2v) is 4.71. The Morgan fingerprint density at radius 1 is 1.56 bits per heavy atom. The van der Waals surface area contributed by atoms with Gasteiger partial charge < -0.3 is 11.1 Å². The molecule has 3 N–H and O–H groups in total. The molecule has 16 heavy (non-hydrogen) atoms. The van der Waals surface area contributed by atoms with E-state index in [0.717, 1.165) is 12.0 Å². The number of hydrogen-bond acceptors (Lipinski definition) is 3. The van der Waals surface area contributed by atoms with Crippen molar-refractivity contribution < 1.29 is 4.79 Å². The van der Waals surface area contributed by atoms with E-state index in [4.69, 9.17) is 5.73 Å². The molecule has 88 valence electrons. The minimum Gasteiger partial charge on any atom is -0.351 e. The Morgan fingerprint density at radius 3 is 2.81 bits per heavy atom. The zero-order chi connectivity index (χ0) is 12.2. The molecule has 4 nitrogen and oxygen atoms in total. The molecule has 0 saturated carbocycles. The van der Waals surface area contributed by atoms with Gasteiger partial charge in [-0.2, -0.15) is 0 Å². The van der Waals surface area contributed by atoms with Crippen LogP contribution in [-0.4, -0.2) is 23.0 Å². The number of nitrogens with one attached hydrogen (secondary N) is 1. The van der Waals surface area contributed by atoms with E-state index in [1.807, 2.05) is 26.8 Å². The van der Waals surface area contributed by atoms with Crippen molar-refractivity contribution in [3.8, 4) is 0 Å². The van der Waals surface area contributed by atoms with Crippen molar-refractivity contribution in [3.05, 3.63) is 29.6 Å². The lowest BCUT2D eigenvalue weighted by atomic mass is 10.0. The average molecular weight is 221 g/mol. The van der Waals surface area contributed by atoms with Crippen molar-refractivity contribution in [3.63, 3.8) is 0 Å². The zero-order valence-electron chi connectivity index (χ0n) is 10.1. The summed E-state index contributed by atoms with van der Waals surface area (Å²) in [5.74, 6) is -0.145. The fraction of sp³-hybridized carbons (Fsp3) is 0.500. The summed E-state index contributed by atoms with van der Waals surface area (Å²) in [7, 11) is 0. The number of aryl methyl sites for hydroxylation is 1. The summed E-state index contributed by atoms with van der Waals surface area (Å²) < 4.78 is 0. The maximum absolute atomic E-state index is 11.7. The van der Waals surface area contributed by atoms with Gasteiger partial charge in [-0.15, -0.1) is 0 Å². The molecule has 0 aromatic carbocycles. The number of nitrogens with zero attached hydrogens (tertiary/aromatic N) is 1. The zero-order valence-corrected chi connectivity index (χ0v) is 10.1. The first-order valence-electron chi connectivity index (χ1n) is 5.38. The highest BCUT2D eigenvalue weighted by Crippen LogP contribution is 2.03. The molecule has 1 heterocycles. The summed E-state index contributed by atoms with van der Waals surface area (Å²) >= 11 is 0. The van der Waals surface area contributed by atoms with E-state index in [9.17, 15) is 4.79 Å². The summed E-state index contributed by atoms with van der Waals surface area (Å²) in [6.07, 6.45) is 2.38. The molecule has 0 radical (unpaired) electrons. The van der Waals surface area contributed by atoms with E-state index in [0.29, 0.717) is 12.2 Å². The standard InChI is InChI=1S/C12H19N3O/c1-9-4-6-14-10(8-9)11(16)15-7-5-12(2,3)13/h4,6,8H,5,7,13H2,1-3H3,(H,15,16). The van der Waals surface area contributed by atoms with Gasteiger partial charge in [0.05, 0.1) is 0 Å². The fourth-order valence-electron chi connectivity index (χ4n) is 1.25. The predicted octanol–water partition coefficient (Wildman–Crippen LogP) is 1.25. The number of amides is 1. The number of aromatic nitrogens is 1. The molecule has 1 aromatic heterocycles. The first-order chi connectivity index (χ1) is 7.38. The summed E-state index contributed by atoms with van der Waals surface area (Å²) in [5.41, 5.74) is 7.04. The van der Waals surface area contributed by atoms with Crippen LogP contribution in [0.25, 0.3) is 0 Å². The third-order valence-corrected chi connectivity index (χ3v) is 2.20. The van der Waals surface area contributed by atoms with Gasteiger partial charge in [0.25, 0.3) is 5.91 Å². The van der Waals surface area contributed by atoms with Crippen molar-refractivity contribution >= 4 is 5.91 Å². The summed E-state index contributed by atoms with van der Waals surface area (Å²) in [4.78, 5) is 15.7. The van der Waals surface area contributed by atoms with E-state index in [1.165, 1.54) is 0 Å². The van der Waals surface area contributed by atoms with Crippen LogP contribution in [0.5, 0.6) is 0 Å². The second-order valence-electron chi connectivity index (χ2n) is 4.71. The van der Waals surface area contributed by atoms with E-state index in [2.05, 4.69) is 10.3 Å². The Hall–Kier alpha value is -1.42. The Kier molecular flexibility index (Phi) is 4.01. The smallest absolute Gasteiger partial charge is 0.269 e. The van der Waals surface area contributed by atoms with Gasteiger partial charge in [0.1, 0.15) is 5.69 Å². The molecule has 0 bridgehead atoms. The third-order valence-electron chi connectivity index (χ3n) is 2.20. The highest BCUT2D eigenvalue weighted by molar-refractivity contribution is 5.92. The van der Waals surface area contributed by atoms with Gasteiger partial charge in [0.15, 0.2) is 0 Å². The molecule has 0 aliphatic carbocycles. The van der Waals surface area contributed by atoms with E-state index in [-0.39, 0.29) is 11.4 Å². The van der Waals surface area contributed by atoms with E-state index < -0.39 is 0 Å². The number of rotatable bonds is 4. The summed E-state index contributed by atoms with van der Waals surface area (Å²) in [6.45, 7) is 6.37. The van der Waals surface area contributed by atoms with Crippen LogP contribution in [0.4, 0.5) is 0 Å². The van der Waals surface area contributed by atoms with Crippen LogP contribution in [0.15, 0.2) is 18.3 Å². The summed E-state index contributed by atoms with van der Waals surface area (Å²) in [6, 6.07) is 3.63. The van der Waals surface area contributed by atoms with Gasteiger partial charge in [-0.05, 0) is 44.9 Å². The molecule has 0 aliphatic heterocycles. The molecule has 0 saturated heterocycles. The quantitative estimate of drug-likeness (QED) is 0.804. The fourth-order valence-corrected chi connectivity index (χ4v) is 1.25. The Morgan fingerprint density at radius 2 is 2.25 bits per heavy atom. The van der Waals surface area contributed by atoms with Crippen molar-refractivity contribution in [1.82, 2.24) is 10.3 Å². The van der Waals surface area contributed by atoms with Crippen LogP contribution < -0.4 is 11.1 Å². The number of carbonyl (C=O) groups excluding carboxylic acids is 1. The lowest BCUT2D eigenvalue weighted by molar-refractivity contribution is 0.0946. The third kappa shape index (κ3) is 4.40. The van der Waals surface area contributed by atoms with Crippen LogP contribution in [0, 0.1) is 6.92 Å². The maximum Gasteiger partial charge on any atom is 0.269 e. The minimum atomic E-state index is -0.257. The van der Waals surface area contributed by atoms with Gasteiger partial charge in [0, 0.05) is 18.3 Å². The van der Waals surface area contributed by atoms with Crippen LogP contribution in [0.1, 0.15) is 36.3 Å². The SMILES string of the molecule is Cc1ccnc(C(=O)NCCC(C)(C)N)c1. The van der Waals surface area contributed by atoms with Gasteiger partial charge in [-0.1, -0.05) is 0 Å². The number of nitrogens with two attached hydrogens (primary N) is 1. The van der Waals surface area contributed by atoms with Crippen LogP contribution in [0.3, 0.4) is 0 Å². The molecule has 1 aromatic rings. The second kappa shape index (κ2) is 5.07. The van der Waals surface area contributed by atoms with Crippen molar-refractivity contribution in [2.24, 2.45) is 5.73 Å². The van der Waals surface area contributed by atoms with Crippen molar-refractivity contribution in [2.75, 3.05) is 6.54 Å². The number of hydrogen-bond donors (Lipinski definition) is 2. The van der Waals surface area contributed by atoms with Gasteiger partial charge in [-0.25, -0.2) is 0 Å². The van der Waals surface area contributed by atoms with Crippen molar-refractivity contribution in [2.45, 2.75) is 32.7 Å². The van der Waals surface area contributed by atoms with Crippen LogP contribution >= 0.6 is 0 Å². The van der Waals surface area contributed by atoms with E-state index >= 15 is 0 Å². The maximum atomic E-state index is 11.7. The highest BCUT2D eigenvalue weighted by atomic mass is 16.1. The van der Waals surface area contributed by atoms with Crippen LogP contribution in [0.2, 0.25) is 0 Å². The molecule has 4 heteroatoms. The highest BCUT2D eigenvalue weighted by Gasteiger charge is 2.12. The monoisotopic (exact) mass is 221 g/mol.